The van der Waals surface area contributed by atoms with Crippen molar-refractivity contribution >= 4 is 34.9 Å². The monoisotopic (exact) mass is 373 g/mol. The number of carbonyl (C=O) groups excluding carboxylic acids is 2. The normalized spacial score (nSPS) is 20.5. The van der Waals surface area contributed by atoms with Gasteiger partial charge in [0, 0.05) is 31.3 Å². The molecule has 2 aliphatic heterocycles. The van der Waals surface area contributed by atoms with Crippen molar-refractivity contribution in [3.63, 3.8) is 0 Å². The van der Waals surface area contributed by atoms with Crippen LogP contribution < -0.4 is 21.5 Å². The first-order valence-electron chi connectivity index (χ1n) is 8.53. The van der Waals surface area contributed by atoms with Crippen molar-refractivity contribution in [2.24, 2.45) is 11.7 Å². The average Bonchev–Trinajstić information content (AvgIpc) is 3.15. The quantitative estimate of drug-likeness (QED) is 0.741. The lowest BCUT2D eigenvalue weighted by Crippen LogP contribution is -2.41. The minimum atomic E-state index is -0.289. The van der Waals surface area contributed by atoms with Gasteiger partial charge in [-0.05, 0) is 35.2 Å². The number of piperidine rings is 1. The molecule has 0 unspecified atom stereocenters. The molecule has 0 radical (unpaired) electrons. The Bertz CT molecular complexity index is 900. The molecular formula is C17H19N5O3S. The summed E-state index contributed by atoms with van der Waals surface area (Å²) >= 11 is 1.53. The van der Waals surface area contributed by atoms with Crippen molar-refractivity contribution in [2.75, 3.05) is 23.3 Å². The lowest BCUT2D eigenvalue weighted by molar-refractivity contribution is -0.122. The number of rotatable bonds is 3. The van der Waals surface area contributed by atoms with E-state index in [1.807, 2.05) is 21.7 Å². The number of H-pyrrole nitrogens is 1. The average molecular weight is 373 g/mol. The molecule has 2 aliphatic rings. The van der Waals surface area contributed by atoms with Gasteiger partial charge in [0.15, 0.2) is 0 Å². The zero-order valence-corrected chi connectivity index (χ0v) is 14.8. The number of hydrogen-bond donors (Lipinski definition) is 3. The molecule has 0 aromatic carbocycles. The van der Waals surface area contributed by atoms with Crippen LogP contribution in [0.1, 0.15) is 36.3 Å². The highest BCUT2D eigenvalue weighted by Gasteiger charge is 2.32. The van der Waals surface area contributed by atoms with Gasteiger partial charge in [-0.15, -0.1) is 0 Å². The van der Waals surface area contributed by atoms with Gasteiger partial charge in [0.05, 0.1) is 5.56 Å². The second-order valence-electron chi connectivity index (χ2n) is 6.68. The zero-order valence-electron chi connectivity index (χ0n) is 14.0. The first kappa shape index (κ1) is 16.8. The Hall–Kier alpha value is -2.68. The van der Waals surface area contributed by atoms with Gasteiger partial charge in [-0.2, -0.15) is 16.3 Å². The second kappa shape index (κ2) is 6.56. The Morgan fingerprint density at radius 2 is 2.08 bits per heavy atom. The van der Waals surface area contributed by atoms with Crippen molar-refractivity contribution in [3.8, 4) is 0 Å². The maximum atomic E-state index is 12.8. The molecule has 1 atom stereocenters. The minimum absolute atomic E-state index is 0.140. The number of hydrogen-bond acceptors (Lipinski definition) is 6. The minimum Gasteiger partial charge on any atom is -0.369 e. The molecule has 4 heterocycles. The van der Waals surface area contributed by atoms with Crippen LogP contribution in [0.5, 0.6) is 0 Å². The molecule has 8 nitrogen and oxygen atoms in total. The van der Waals surface area contributed by atoms with Gasteiger partial charge >= 0.3 is 0 Å². The molecule has 4 rings (SSSR count). The number of aromatic amines is 1. The molecule has 136 valence electrons. The van der Waals surface area contributed by atoms with Crippen LogP contribution in [0.25, 0.3) is 0 Å². The van der Waals surface area contributed by atoms with E-state index >= 15 is 0 Å². The van der Waals surface area contributed by atoms with Gasteiger partial charge in [-0.1, -0.05) is 0 Å². The standard InChI is InChI=1S/C17H19N5O3S/c18-14(24)9-1-4-22(5-2-9)17-20-15-13(16(25)21-17)11(7-12(23)19-15)10-3-6-26-8-10/h3,6,8-9,11H,1-2,4-5,7H2,(H2,18,24)(H2,19,20,21,23,25)/t11-/m1/s1. The fraction of sp³-hybridized carbons (Fsp3) is 0.412. The van der Waals surface area contributed by atoms with E-state index in [4.69, 9.17) is 5.73 Å². The first-order chi connectivity index (χ1) is 12.5. The van der Waals surface area contributed by atoms with Gasteiger partial charge < -0.3 is 16.0 Å². The number of nitrogens with one attached hydrogen (secondary N) is 2. The largest absolute Gasteiger partial charge is 0.369 e. The Morgan fingerprint density at radius 1 is 1.31 bits per heavy atom. The van der Waals surface area contributed by atoms with E-state index in [0.717, 1.165) is 5.56 Å². The highest BCUT2D eigenvalue weighted by Crippen LogP contribution is 2.35. The van der Waals surface area contributed by atoms with Crippen LogP contribution in [-0.2, 0) is 9.59 Å². The Labute approximate surface area is 153 Å². The summed E-state index contributed by atoms with van der Waals surface area (Å²) in [5.41, 5.74) is 6.58. The Morgan fingerprint density at radius 3 is 2.73 bits per heavy atom. The predicted octanol–water partition coefficient (Wildman–Crippen LogP) is 1.01. The summed E-state index contributed by atoms with van der Waals surface area (Å²) in [7, 11) is 0. The van der Waals surface area contributed by atoms with Crippen LogP contribution in [-0.4, -0.2) is 34.9 Å². The molecule has 1 saturated heterocycles. The topological polar surface area (TPSA) is 121 Å². The SMILES string of the molecule is NC(=O)C1CCN(c2nc3c(c(=O)[nH]2)[C@@H](c2ccsc2)CC(=O)N3)CC1. The Balaban J connectivity index is 1.66. The lowest BCUT2D eigenvalue weighted by Gasteiger charge is -2.32. The van der Waals surface area contributed by atoms with Crippen LogP contribution >= 0.6 is 11.3 Å². The van der Waals surface area contributed by atoms with E-state index in [1.165, 1.54) is 11.3 Å². The van der Waals surface area contributed by atoms with Gasteiger partial charge in [-0.25, -0.2) is 0 Å². The highest BCUT2D eigenvalue weighted by atomic mass is 32.1. The summed E-state index contributed by atoms with van der Waals surface area (Å²) in [6.45, 7) is 1.16. The van der Waals surface area contributed by atoms with Gasteiger partial charge in [-0.3, -0.25) is 19.4 Å². The third kappa shape index (κ3) is 2.98. The molecule has 2 aromatic heterocycles. The molecule has 1 fully saturated rings. The van der Waals surface area contributed by atoms with Crippen LogP contribution in [0, 0.1) is 5.92 Å². The van der Waals surface area contributed by atoms with E-state index in [9.17, 15) is 14.4 Å². The van der Waals surface area contributed by atoms with E-state index in [0.29, 0.717) is 43.3 Å². The number of nitrogens with two attached hydrogens (primary N) is 1. The lowest BCUT2D eigenvalue weighted by atomic mass is 9.88. The van der Waals surface area contributed by atoms with Crippen molar-refractivity contribution in [3.05, 3.63) is 38.3 Å². The van der Waals surface area contributed by atoms with Gasteiger partial charge in [0.25, 0.3) is 5.56 Å². The molecule has 0 saturated carbocycles. The van der Waals surface area contributed by atoms with Gasteiger partial charge in [0.2, 0.25) is 17.8 Å². The smallest absolute Gasteiger partial charge is 0.258 e. The van der Waals surface area contributed by atoms with Crippen LogP contribution in [0.15, 0.2) is 21.6 Å². The molecule has 0 spiro atoms. The number of aromatic nitrogens is 2. The number of carbonyl (C=O) groups is 2. The van der Waals surface area contributed by atoms with Crippen LogP contribution in [0.3, 0.4) is 0 Å². The molecule has 2 aromatic rings. The van der Waals surface area contributed by atoms with E-state index < -0.39 is 0 Å². The maximum absolute atomic E-state index is 12.8. The summed E-state index contributed by atoms with van der Waals surface area (Å²) in [5, 5.41) is 6.62. The number of amides is 2. The number of primary amides is 1. The fourth-order valence-corrected chi connectivity index (χ4v) is 4.36. The van der Waals surface area contributed by atoms with E-state index in [1.54, 1.807) is 0 Å². The molecule has 2 amide bonds. The van der Waals surface area contributed by atoms with E-state index in [-0.39, 0.29) is 35.6 Å². The summed E-state index contributed by atoms with van der Waals surface area (Å²) in [4.78, 5) is 45.5. The Kier molecular flexibility index (Phi) is 4.23. The summed E-state index contributed by atoms with van der Waals surface area (Å²) < 4.78 is 0. The summed E-state index contributed by atoms with van der Waals surface area (Å²) in [5.74, 6) is -0.113. The van der Waals surface area contributed by atoms with Crippen LogP contribution in [0.2, 0.25) is 0 Å². The number of anilines is 2. The number of nitrogens with zero attached hydrogens (tertiary/aromatic N) is 2. The van der Waals surface area contributed by atoms with Crippen molar-refractivity contribution < 1.29 is 9.59 Å². The van der Waals surface area contributed by atoms with Crippen molar-refractivity contribution in [1.82, 2.24) is 9.97 Å². The predicted molar refractivity (Wildman–Crippen MR) is 98.4 cm³/mol. The highest BCUT2D eigenvalue weighted by molar-refractivity contribution is 7.08. The molecule has 26 heavy (non-hydrogen) atoms. The molecular weight excluding hydrogens is 354 g/mol. The van der Waals surface area contributed by atoms with Crippen LogP contribution in [0.4, 0.5) is 11.8 Å². The molecule has 4 N–H and O–H groups in total. The fourth-order valence-electron chi connectivity index (χ4n) is 3.64. The number of fused-ring (bicyclic) bond motifs is 1. The van der Waals surface area contributed by atoms with Gasteiger partial charge in [0.1, 0.15) is 5.82 Å². The maximum Gasteiger partial charge on any atom is 0.258 e. The molecule has 0 aliphatic carbocycles. The van der Waals surface area contributed by atoms with E-state index in [2.05, 4.69) is 15.3 Å². The first-order valence-corrected chi connectivity index (χ1v) is 9.47. The number of thiophene rings is 1. The summed E-state index contributed by atoms with van der Waals surface area (Å²) in [6, 6.07) is 1.93. The zero-order chi connectivity index (χ0) is 18.3. The van der Waals surface area contributed by atoms with Crippen molar-refractivity contribution in [2.45, 2.75) is 25.2 Å². The second-order valence-corrected chi connectivity index (χ2v) is 7.46. The third-order valence-electron chi connectivity index (χ3n) is 5.08. The molecule has 0 bridgehead atoms. The summed E-state index contributed by atoms with van der Waals surface area (Å²) in [6.07, 6.45) is 1.48. The molecule has 9 heteroatoms. The van der Waals surface area contributed by atoms with Crippen molar-refractivity contribution in [1.29, 1.82) is 0 Å². The third-order valence-corrected chi connectivity index (χ3v) is 5.78.